The van der Waals surface area contributed by atoms with Crippen LogP contribution in [0.25, 0.3) is 0 Å². The van der Waals surface area contributed by atoms with Gasteiger partial charge in [-0.25, -0.2) is 9.37 Å². The molecule has 0 aliphatic rings. The molecule has 106 valence electrons. The summed E-state index contributed by atoms with van der Waals surface area (Å²) in [6, 6.07) is 10.9. The van der Waals surface area contributed by atoms with E-state index in [9.17, 15) is 4.39 Å². The number of aromatic nitrogens is 1. The summed E-state index contributed by atoms with van der Waals surface area (Å²) in [4.78, 5) is 6.31. The molecule has 1 heterocycles. The zero-order valence-corrected chi connectivity index (χ0v) is 12.1. The summed E-state index contributed by atoms with van der Waals surface area (Å²) < 4.78 is 13.1. The minimum atomic E-state index is -0.188. The normalized spacial score (nSPS) is 12.0. The molecular formula is C16H20FN3. The topological polar surface area (TPSA) is 28.2 Å². The molecule has 1 aromatic carbocycles. The lowest BCUT2D eigenvalue weighted by Gasteiger charge is -2.16. The highest BCUT2D eigenvalue weighted by Gasteiger charge is 2.05. The van der Waals surface area contributed by atoms with Crippen molar-refractivity contribution in [2.45, 2.75) is 19.4 Å². The summed E-state index contributed by atoms with van der Waals surface area (Å²) >= 11 is 0. The second-order valence-electron chi connectivity index (χ2n) is 5.18. The smallest absolute Gasteiger partial charge is 0.128 e. The van der Waals surface area contributed by atoms with Crippen molar-refractivity contribution in [1.82, 2.24) is 4.98 Å². The molecule has 0 radical (unpaired) electrons. The molecule has 0 fully saturated rings. The SMILES string of the molecule is CC(Cc1cccc(F)c1)Nc1ccc(N(C)C)nc1. The van der Waals surface area contributed by atoms with Gasteiger partial charge in [0, 0.05) is 20.1 Å². The lowest BCUT2D eigenvalue weighted by Crippen LogP contribution is -2.18. The van der Waals surface area contributed by atoms with Crippen LogP contribution in [0.2, 0.25) is 0 Å². The molecule has 3 nitrogen and oxygen atoms in total. The first-order valence-corrected chi connectivity index (χ1v) is 6.69. The Labute approximate surface area is 119 Å². The lowest BCUT2D eigenvalue weighted by molar-refractivity contribution is 0.624. The summed E-state index contributed by atoms with van der Waals surface area (Å²) in [6.45, 7) is 2.07. The van der Waals surface area contributed by atoms with Gasteiger partial charge in [0.1, 0.15) is 11.6 Å². The van der Waals surface area contributed by atoms with Crippen LogP contribution in [0.1, 0.15) is 12.5 Å². The van der Waals surface area contributed by atoms with E-state index in [0.29, 0.717) is 0 Å². The Balaban J connectivity index is 1.95. The van der Waals surface area contributed by atoms with Crippen LogP contribution < -0.4 is 10.2 Å². The number of nitrogens with zero attached hydrogens (tertiary/aromatic N) is 2. The molecule has 2 aromatic rings. The van der Waals surface area contributed by atoms with Crippen molar-refractivity contribution in [2.24, 2.45) is 0 Å². The van der Waals surface area contributed by atoms with E-state index in [4.69, 9.17) is 0 Å². The van der Waals surface area contributed by atoms with E-state index < -0.39 is 0 Å². The summed E-state index contributed by atoms with van der Waals surface area (Å²) in [5.74, 6) is 0.736. The Hall–Kier alpha value is -2.10. The first-order chi connectivity index (χ1) is 9.54. The van der Waals surface area contributed by atoms with Gasteiger partial charge >= 0.3 is 0 Å². The standard InChI is InChI=1S/C16H20FN3/c1-12(9-13-5-4-6-14(17)10-13)19-15-7-8-16(18-11-15)20(2)3/h4-8,10-12,19H,9H2,1-3H3. The van der Waals surface area contributed by atoms with Crippen LogP contribution in [0.3, 0.4) is 0 Å². The molecule has 20 heavy (non-hydrogen) atoms. The Morgan fingerprint density at radius 1 is 1.25 bits per heavy atom. The van der Waals surface area contributed by atoms with Gasteiger partial charge in [-0.3, -0.25) is 0 Å². The molecule has 0 spiro atoms. The third kappa shape index (κ3) is 3.95. The molecule has 1 unspecified atom stereocenters. The molecule has 2 rings (SSSR count). The lowest BCUT2D eigenvalue weighted by atomic mass is 10.1. The number of rotatable bonds is 5. The van der Waals surface area contributed by atoms with Gasteiger partial charge in [-0.1, -0.05) is 12.1 Å². The molecule has 1 atom stereocenters. The van der Waals surface area contributed by atoms with E-state index in [0.717, 1.165) is 23.5 Å². The third-order valence-corrected chi connectivity index (χ3v) is 3.05. The number of benzene rings is 1. The van der Waals surface area contributed by atoms with Crippen molar-refractivity contribution in [1.29, 1.82) is 0 Å². The number of halogens is 1. The van der Waals surface area contributed by atoms with Gasteiger partial charge in [0.15, 0.2) is 0 Å². The van der Waals surface area contributed by atoms with E-state index in [2.05, 4.69) is 17.2 Å². The Bertz CT molecular complexity index is 552. The van der Waals surface area contributed by atoms with Crippen molar-refractivity contribution >= 4 is 11.5 Å². The summed E-state index contributed by atoms with van der Waals surface area (Å²) in [5, 5.41) is 3.37. The number of pyridine rings is 1. The van der Waals surface area contributed by atoms with Crippen LogP contribution in [0, 0.1) is 5.82 Å². The van der Waals surface area contributed by atoms with Crippen molar-refractivity contribution in [3.8, 4) is 0 Å². The quantitative estimate of drug-likeness (QED) is 0.905. The van der Waals surface area contributed by atoms with Crippen LogP contribution in [0.15, 0.2) is 42.6 Å². The summed E-state index contributed by atoms with van der Waals surface area (Å²) in [6.07, 6.45) is 2.59. The molecule has 0 aliphatic heterocycles. The monoisotopic (exact) mass is 273 g/mol. The van der Waals surface area contributed by atoms with E-state index in [1.807, 2.05) is 43.4 Å². The molecule has 4 heteroatoms. The van der Waals surface area contributed by atoms with Gasteiger partial charge in [-0.2, -0.15) is 0 Å². The summed E-state index contributed by atoms with van der Waals surface area (Å²) in [7, 11) is 3.92. The molecular weight excluding hydrogens is 253 g/mol. The molecule has 0 saturated heterocycles. The van der Waals surface area contributed by atoms with Gasteiger partial charge in [0.25, 0.3) is 0 Å². The van der Waals surface area contributed by atoms with Crippen molar-refractivity contribution in [2.75, 3.05) is 24.3 Å². The van der Waals surface area contributed by atoms with Gasteiger partial charge < -0.3 is 10.2 Å². The fourth-order valence-corrected chi connectivity index (χ4v) is 2.09. The third-order valence-electron chi connectivity index (χ3n) is 3.05. The zero-order chi connectivity index (χ0) is 14.5. The maximum Gasteiger partial charge on any atom is 0.128 e. The molecule has 0 aliphatic carbocycles. The Morgan fingerprint density at radius 3 is 2.65 bits per heavy atom. The fourth-order valence-electron chi connectivity index (χ4n) is 2.09. The highest BCUT2D eigenvalue weighted by molar-refractivity contribution is 5.48. The fraction of sp³-hybridized carbons (Fsp3) is 0.312. The largest absolute Gasteiger partial charge is 0.381 e. The minimum absolute atomic E-state index is 0.188. The first-order valence-electron chi connectivity index (χ1n) is 6.69. The van der Waals surface area contributed by atoms with E-state index in [-0.39, 0.29) is 11.9 Å². The van der Waals surface area contributed by atoms with Crippen LogP contribution >= 0.6 is 0 Å². The molecule has 0 amide bonds. The molecule has 1 aromatic heterocycles. The average Bonchev–Trinajstić information content (AvgIpc) is 2.39. The van der Waals surface area contributed by atoms with Crippen molar-refractivity contribution in [3.05, 3.63) is 54.0 Å². The maximum absolute atomic E-state index is 13.1. The predicted molar refractivity (Wildman–Crippen MR) is 81.8 cm³/mol. The average molecular weight is 273 g/mol. The number of nitrogens with one attached hydrogen (secondary N) is 1. The van der Waals surface area contributed by atoms with Crippen molar-refractivity contribution in [3.63, 3.8) is 0 Å². The highest BCUT2D eigenvalue weighted by Crippen LogP contribution is 2.14. The highest BCUT2D eigenvalue weighted by atomic mass is 19.1. The Kier molecular flexibility index (Phi) is 4.56. The molecule has 1 N–H and O–H groups in total. The van der Waals surface area contributed by atoms with E-state index >= 15 is 0 Å². The predicted octanol–water partition coefficient (Wildman–Crippen LogP) is 3.33. The molecule has 0 saturated carbocycles. The maximum atomic E-state index is 13.1. The number of anilines is 2. The van der Waals surface area contributed by atoms with Crippen molar-refractivity contribution < 1.29 is 4.39 Å². The summed E-state index contributed by atoms with van der Waals surface area (Å²) in [5.41, 5.74) is 1.96. The van der Waals surface area contributed by atoms with Crippen LogP contribution in [-0.4, -0.2) is 25.1 Å². The van der Waals surface area contributed by atoms with E-state index in [1.165, 1.54) is 6.07 Å². The van der Waals surface area contributed by atoms with E-state index in [1.54, 1.807) is 12.1 Å². The van der Waals surface area contributed by atoms with Gasteiger partial charge in [0.2, 0.25) is 0 Å². The second kappa shape index (κ2) is 6.37. The van der Waals surface area contributed by atoms with Crippen LogP contribution in [0.5, 0.6) is 0 Å². The minimum Gasteiger partial charge on any atom is -0.381 e. The number of hydrogen-bond acceptors (Lipinski definition) is 3. The Morgan fingerprint density at radius 2 is 2.05 bits per heavy atom. The first kappa shape index (κ1) is 14.3. The molecule has 0 bridgehead atoms. The van der Waals surface area contributed by atoms with Gasteiger partial charge in [-0.15, -0.1) is 0 Å². The zero-order valence-electron chi connectivity index (χ0n) is 12.1. The van der Waals surface area contributed by atoms with Crippen LogP contribution in [-0.2, 0) is 6.42 Å². The second-order valence-corrected chi connectivity index (χ2v) is 5.18. The van der Waals surface area contributed by atoms with Crippen LogP contribution in [0.4, 0.5) is 15.9 Å². The number of hydrogen-bond donors (Lipinski definition) is 1. The van der Waals surface area contributed by atoms with Gasteiger partial charge in [0.05, 0.1) is 11.9 Å². The van der Waals surface area contributed by atoms with Gasteiger partial charge in [-0.05, 0) is 43.2 Å².